The summed E-state index contributed by atoms with van der Waals surface area (Å²) < 4.78 is 43.0. The number of aliphatic carboxylic acids is 1. The van der Waals surface area contributed by atoms with Crippen molar-refractivity contribution >= 4 is 23.7 Å². The van der Waals surface area contributed by atoms with Crippen molar-refractivity contribution in [2.24, 2.45) is 0 Å². The van der Waals surface area contributed by atoms with Crippen molar-refractivity contribution in [1.82, 2.24) is 5.32 Å². The fourth-order valence-electron chi connectivity index (χ4n) is 1.94. The fourth-order valence-corrected chi connectivity index (χ4v) is 2.29. The molecule has 0 radical (unpaired) electrons. The SMILES string of the molecule is COc1c(F)c(F)c(C(NC(=O)OC(C)(C)C)C(=O)O)c(Cl)c1OC. The van der Waals surface area contributed by atoms with E-state index >= 15 is 0 Å². The number of carboxylic acids is 1. The van der Waals surface area contributed by atoms with E-state index in [2.05, 4.69) is 4.74 Å². The van der Waals surface area contributed by atoms with Gasteiger partial charge in [-0.25, -0.2) is 14.0 Å². The molecule has 1 amide bonds. The number of rotatable bonds is 5. The van der Waals surface area contributed by atoms with E-state index in [-0.39, 0.29) is 0 Å². The highest BCUT2D eigenvalue weighted by Crippen LogP contribution is 2.43. The Hall–Kier alpha value is -2.29. The highest BCUT2D eigenvalue weighted by atomic mass is 35.5. The van der Waals surface area contributed by atoms with Crippen molar-refractivity contribution in [2.45, 2.75) is 32.4 Å². The number of alkyl carbamates (subject to hydrolysis) is 1. The Morgan fingerprint density at radius 1 is 1.12 bits per heavy atom. The molecule has 1 aromatic carbocycles. The van der Waals surface area contributed by atoms with Gasteiger partial charge in [-0.3, -0.25) is 0 Å². The average Bonchev–Trinajstić information content (AvgIpc) is 2.47. The number of carbonyl (C=O) groups is 2. The molecular formula is C15H18ClF2NO6. The third-order valence-corrected chi connectivity index (χ3v) is 3.25. The van der Waals surface area contributed by atoms with Crippen LogP contribution >= 0.6 is 11.6 Å². The lowest BCUT2D eigenvalue weighted by molar-refractivity contribution is -0.139. The molecule has 1 atom stereocenters. The lowest BCUT2D eigenvalue weighted by Crippen LogP contribution is -2.38. The zero-order chi connectivity index (χ0) is 19.5. The number of hydrogen-bond acceptors (Lipinski definition) is 5. The van der Waals surface area contributed by atoms with Crippen LogP contribution in [0.5, 0.6) is 11.5 Å². The maximum atomic E-state index is 14.4. The lowest BCUT2D eigenvalue weighted by atomic mass is 10.0. The van der Waals surface area contributed by atoms with Crippen molar-refractivity contribution in [3.05, 3.63) is 22.2 Å². The summed E-state index contributed by atoms with van der Waals surface area (Å²) >= 11 is 5.96. The van der Waals surface area contributed by atoms with Crippen LogP contribution in [0.3, 0.4) is 0 Å². The number of ether oxygens (including phenoxy) is 3. The summed E-state index contributed by atoms with van der Waals surface area (Å²) in [5, 5.41) is 10.7. The normalized spacial score (nSPS) is 12.3. The van der Waals surface area contributed by atoms with E-state index in [1.807, 2.05) is 5.32 Å². The van der Waals surface area contributed by atoms with Gasteiger partial charge in [-0.05, 0) is 20.8 Å². The van der Waals surface area contributed by atoms with Crippen LogP contribution in [0.25, 0.3) is 0 Å². The minimum absolute atomic E-state index is 0.407. The molecule has 0 aliphatic rings. The second-order valence-corrected chi connectivity index (χ2v) is 6.22. The topological polar surface area (TPSA) is 94.1 Å². The molecule has 1 aromatic rings. The maximum Gasteiger partial charge on any atom is 0.408 e. The summed E-state index contributed by atoms with van der Waals surface area (Å²) in [4.78, 5) is 23.3. The summed E-state index contributed by atoms with van der Waals surface area (Å²) in [6, 6.07) is -2.02. The van der Waals surface area contributed by atoms with Crippen molar-refractivity contribution < 1.29 is 37.7 Å². The number of carbonyl (C=O) groups excluding carboxylic acids is 1. The first-order valence-corrected chi connectivity index (χ1v) is 7.33. The summed E-state index contributed by atoms with van der Waals surface area (Å²) in [7, 11) is 2.17. The third-order valence-electron chi connectivity index (χ3n) is 2.88. The van der Waals surface area contributed by atoms with Crippen LogP contribution < -0.4 is 14.8 Å². The van der Waals surface area contributed by atoms with Gasteiger partial charge in [0.15, 0.2) is 17.6 Å². The number of halogens is 3. The van der Waals surface area contributed by atoms with Gasteiger partial charge in [0.05, 0.1) is 19.2 Å². The first-order valence-electron chi connectivity index (χ1n) is 6.95. The molecular weight excluding hydrogens is 364 g/mol. The molecule has 140 valence electrons. The number of hydrogen-bond donors (Lipinski definition) is 2. The van der Waals surface area contributed by atoms with Gasteiger partial charge in [0.25, 0.3) is 0 Å². The largest absolute Gasteiger partial charge is 0.491 e. The van der Waals surface area contributed by atoms with E-state index in [0.717, 1.165) is 14.2 Å². The Balaban J connectivity index is 3.45. The summed E-state index contributed by atoms with van der Waals surface area (Å²) in [5.41, 5.74) is -1.76. The Labute approximate surface area is 147 Å². The average molecular weight is 382 g/mol. The number of amides is 1. The zero-order valence-electron chi connectivity index (χ0n) is 14.2. The van der Waals surface area contributed by atoms with Crippen LogP contribution in [0.1, 0.15) is 32.4 Å². The Bertz CT molecular complexity index is 690. The van der Waals surface area contributed by atoms with Crippen molar-refractivity contribution in [3.8, 4) is 11.5 Å². The fraction of sp³-hybridized carbons (Fsp3) is 0.467. The minimum atomic E-state index is -2.02. The first kappa shape index (κ1) is 20.8. The molecule has 0 aliphatic heterocycles. The molecule has 0 heterocycles. The van der Waals surface area contributed by atoms with E-state index in [4.69, 9.17) is 21.1 Å². The Morgan fingerprint density at radius 2 is 1.64 bits per heavy atom. The monoisotopic (exact) mass is 381 g/mol. The smallest absolute Gasteiger partial charge is 0.408 e. The molecule has 0 fully saturated rings. The molecule has 2 N–H and O–H groups in total. The van der Waals surface area contributed by atoms with Crippen LogP contribution in [-0.2, 0) is 9.53 Å². The number of methoxy groups -OCH3 is 2. The molecule has 0 saturated heterocycles. The standard InChI is InChI=1S/C15H18ClF2NO6/c1-15(2,3)25-14(22)19-10(13(20)21)6-7(16)11(23-4)12(24-5)9(18)8(6)17/h10H,1-5H3,(H,19,22)(H,20,21). The zero-order valence-corrected chi connectivity index (χ0v) is 15.0. The Morgan fingerprint density at radius 3 is 2.04 bits per heavy atom. The van der Waals surface area contributed by atoms with Gasteiger partial charge in [0.1, 0.15) is 5.60 Å². The number of nitrogens with one attached hydrogen (secondary N) is 1. The molecule has 7 nitrogen and oxygen atoms in total. The number of benzene rings is 1. The lowest BCUT2D eigenvalue weighted by Gasteiger charge is -2.23. The highest BCUT2D eigenvalue weighted by Gasteiger charge is 2.35. The van der Waals surface area contributed by atoms with E-state index in [0.29, 0.717) is 0 Å². The van der Waals surface area contributed by atoms with Gasteiger partial charge in [0.2, 0.25) is 11.6 Å². The minimum Gasteiger partial charge on any atom is -0.491 e. The molecule has 1 unspecified atom stereocenters. The van der Waals surface area contributed by atoms with Gasteiger partial charge in [-0.2, -0.15) is 4.39 Å². The maximum absolute atomic E-state index is 14.4. The second-order valence-electron chi connectivity index (χ2n) is 5.84. The predicted molar refractivity (Wildman–Crippen MR) is 84.2 cm³/mol. The van der Waals surface area contributed by atoms with E-state index in [9.17, 15) is 23.5 Å². The predicted octanol–water partition coefficient (Wildman–Crippen LogP) is 3.29. The van der Waals surface area contributed by atoms with Crippen molar-refractivity contribution in [2.75, 3.05) is 14.2 Å². The van der Waals surface area contributed by atoms with Gasteiger partial charge in [0, 0.05) is 5.56 Å². The van der Waals surface area contributed by atoms with Crippen LogP contribution in [0.4, 0.5) is 13.6 Å². The molecule has 10 heteroatoms. The quantitative estimate of drug-likeness (QED) is 0.760. The second kappa shape index (κ2) is 7.73. The van der Waals surface area contributed by atoms with Crippen LogP contribution in [-0.4, -0.2) is 37.0 Å². The molecule has 0 saturated carbocycles. The summed E-state index contributed by atoms with van der Waals surface area (Å²) in [6.07, 6.45) is -1.15. The van der Waals surface area contributed by atoms with E-state index < -0.39 is 57.4 Å². The van der Waals surface area contributed by atoms with E-state index in [1.54, 1.807) is 20.8 Å². The molecule has 1 rings (SSSR count). The van der Waals surface area contributed by atoms with E-state index in [1.165, 1.54) is 0 Å². The van der Waals surface area contributed by atoms with Gasteiger partial charge in [-0.15, -0.1) is 0 Å². The van der Waals surface area contributed by atoms with Gasteiger partial charge in [-0.1, -0.05) is 11.6 Å². The molecule has 0 bridgehead atoms. The van der Waals surface area contributed by atoms with Crippen molar-refractivity contribution in [1.29, 1.82) is 0 Å². The van der Waals surface area contributed by atoms with Gasteiger partial charge < -0.3 is 24.6 Å². The van der Waals surface area contributed by atoms with Crippen LogP contribution in [0.15, 0.2) is 0 Å². The van der Waals surface area contributed by atoms with Gasteiger partial charge >= 0.3 is 12.1 Å². The molecule has 0 aromatic heterocycles. The van der Waals surface area contributed by atoms with Crippen LogP contribution in [0, 0.1) is 11.6 Å². The summed E-state index contributed by atoms with van der Waals surface area (Å²) in [6.45, 7) is 4.64. The Kier molecular flexibility index (Phi) is 6.42. The summed E-state index contributed by atoms with van der Waals surface area (Å²) in [5.74, 6) is -5.81. The van der Waals surface area contributed by atoms with Crippen LogP contribution in [0.2, 0.25) is 5.02 Å². The molecule has 25 heavy (non-hydrogen) atoms. The first-order chi connectivity index (χ1) is 11.4. The highest BCUT2D eigenvalue weighted by molar-refractivity contribution is 6.33. The molecule has 0 aliphatic carbocycles. The molecule has 0 spiro atoms. The van der Waals surface area contributed by atoms with Crippen molar-refractivity contribution in [3.63, 3.8) is 0 Å². The third kappa shape index (κ3) is 4.62. The number of carboxylic acid groups (broad SMARTS) is 1.